The molecule has 132 valence electrons. The highest BCUT2D eigenvalue weighted by Gasteiger charge is 2.07. The number of hydrogen-bond donors (Lipinski definition) is 3. The molecule has 0 bridgehead atoms. The van der Waals surface area contributed by atoms with Crippen LogP contribution < -0.4 is 10.6 Å². The van der Waals surface area contributed by atoms with Gasteiger partial charge in [-0.05, 0) is 30.2 Å². The molecule has 0 saturated heterocycles. The summed E-state index contributed by atoms with van der Waals surface area (Å²) in [5.41, 5.74) is 3.06. The molecular formula is C20H20N4OS. The van der Waals surface area contributed by atoms with E-state index >= 15 is 0 Å². The van der Waals surface area contributed by atoms with Gasteiger partial charge in [0.1, 0.15) is 0 Å². The maximum Gasteiger partial charge on any atom is 0.319 e. The topological polar surface area (TPSA) is 80.7 Å². The van der Waals surface area contributed by atoms with Gasteiger partial charge in [0.15, 0.2) is 0 Å². The number of H-pyrrole nitrogens is 1. The lowest BCUT2D eigenvalue weighted by Crippen LogP contribution is -2.30. The minimum atomic E-state index is -0.224. The lowest BCUT2D eigenvalue weighted by Gasteiger charge is -2.11. The first-order valence-corrected chi connectivity index (χ1v) is 9.45. The summed E-state index contributed by atoms with van der Waals surface area (Å²) in [6.07, 6.45) is 3.23. The summed E-state index contributed by atoms with van der Waals surface area (Å²) in [5.74, 6) is 0.706. The molecule has 0 aliphatic carbocycles. The Labute approximate surface area is 156 Å². The van der Waals surface area contributed by atoms with Crippen molar-refractivity contribution in [3.8, 4) is 6.07 Å². The van der Waals surface area contributed by atoms with Gasteiger partial charge < -0.3 is 15.6 Å². The smallest absolute Gasteiger partial charge is 0.319 e. The fraction of sp³-hybridized carbons (Fsp3) is 0.200. The third-order valence-corrected chi connectivity index (χ3v) is 5.04. The average molecular weight is 364 g/mol. The number of hydrogen-bond acceptors (Lipinski definition) is 3. The SMILES string of the molecule is N#CCCSc1ccccc1NC(=O)NCCc1c[nH]c2ccccc12. The van der Waals surface area contributed by atoms with Crippen LogP contribution in [0.5, 0.6) is 0 Å². The predicted molar refractivity (Wildman–Crippen MR) is 106 cm³/mol. The van der Waals surface area contributed by atoms with Gasteiger partial charge in [0.05, 0.1) is 11.8 Å². The van der Waals surface area contributed by atoms with Crippen molar-refractivity contribution in [1.82, 2.24) is 10.3 Å². The average Bonchev–Trinajstić information content (AvgIpc) is 3.07. The Morgan fingerprint density at radius 1 is 1.15 bits per heavy atom. The number of para-hydroxylation sites is 2. The second kappa shape index (κ2) is 8.97. The van der Waals surface area contributed by atoms with E-state index in [1.165, 1.54) is 10.9 Å². The Kier molecular flexibility index (Phi) is 6.18. The number of rotatable bonds is 7. The second-order valence-corrected chi connectivity index (χ2v) is 6.88. The minimum absolute atomic E-state index is 0.224. The van der Waals surface area contributed by atoms with Gasteiger partial charge in [-0.1, -0.05) is 30.3 Å². The summed E-state index contributed by atoms with van der Waals surface area (Å²) in [6.45, 7) is 0.553. The monoisotopic (exact) mass is 364 g/mol. The van der Waals surface area contributed by atoms with E-state index in [-0.39, 0.29) is 6.03 Å². The maximum absolute atomic E-state index is 12.2. The molecule has 5 nitrogen and oxygen atoms in total. The molecule has 0 atom stereocenters. The Bertz CT molecular complexity index is 929. The first kappa shape index (κ1) is 17.9. The first-order chi connectivity index (χ1) is 12.8. The fourth-order valence-electron chi connectivity index (χ4n) is 2.72. The van der Waals surface area contributed by atoms with Crippen molar-refractivity contribution < 1.29 is 4.79 Å². The summed E-state index contributed by atoms with van der Waals surface area (Å²) in [4.78, 5) is 16.4. The van der Waals surface area contributed by atoms with Crippen LogP contribution in [-0.4, -0.2) is 23.3 Å². The van der Waals surface area contributed by atoms with E-state index < -0.39 is 0 Å². The van der Waals surface area contributed by atoms with Crippen LogP contribution in [0.1, 0.15) is 12.0 Å². The Hall–Kier alpha value is -2.91. The van der Waals surface area contributed by atoms with E-state index in [1.54, 1.807) is 11.8 Å². The number of nitrogens with zero attached hydrogens (tertiary/aromatic N) is 1. The van der Waals surface area contributed by atoms with Crippen LogP contribution in [0.2, 0.25) is 0 Å². The second-order valence-electron chi connectivity index (χ2n) is 5.74. The summed E-state index contributed by atoms with van der Waals surface area (Å²) in [7, 11) is 0. The lowest BCUT2D eigenvalue weighted by atomic mass is 10.1. The number of aromatic nitrogens is 1. The highest BCUT2D eigenvalue weighted by Crippen LogP contribution is 2.27. The molecule has 0 aliphatic heterocycles. The number of anilines is 1. The maximum atomic E-state index is 12.2. The number of carbonyl (C=O) groups excluding carboxylic acids is 1. The number of thioether (sulfide) groups is 1. The Morgan fingerprint density at radius 3 is 2.85 bits per heavy atom. The van der Waals surface area contributed by atoms with Gasteiger partial charge in [0.25, 0.3) is 0 Å². The number of nitrogens with one attached hydrogen (secondary N) is 3. The third kappa shape index (κ3) is 4.58. The Balaban J connectivity index is 1.52. The molecule has 0 saturated carbocycles. The minimum Gasteiger partial charge on any atom is -0.361 e. The molecule has 0 radical (unpaired) electrons. The standard InChI is InChI=1S/C20H20N4OS/c21-11-5-13-26-19-9-4-3-8-18(19)24-20(25)22-12-10-15-14-23-17-7-2-1-6-16(15)17/h1-4,6-9,14,23H,5,10,12-13H2,(H2,22,24,25). The predicted octanol–water partition coefficient (Wildman–Crippen LogP) is 4.54. The largest absolute Gasteiger partial charge is 0.361 e. The molecule has 6 heteroatoms. The molecule has 3 rings (SSSR count). The molecule has 0 aliphatic rings. The van der Waals surface area contributed by atoms with Gasteiger partial charge in [0, 0.05) is 40.7 Å². The normalized spacial score (nSPS) is 10.4. The third-order valence-electron chi connectivity index (χ3n) is 3.96. The van der Waals surface area contributed by atoms with Crippen molar-refractivity contribution in [2.24, 2.45) is 0 Å². The highest BCUT2D eigenvalue weighted by molar-refractivity contribution is 7.99. The summed E-state index contributed by atoms with van der Waals surface area (Å²) in [6, 6.07) is 17.7. The van der Waals surface area contributed by atoms with Gasteiger partial charge in [-0.3, -0.25) is 0 Å². The van der Waals surface area contributed by atoms with E-state index in [0.717, 1.165) is 22.5 Å². The van der Waals surface area contributed by atoms with Crippen LogP contribution in [-0.2, 0) is 6.42 Å². The van der Waals surface area contributed by atoms with Crippen molar-refractivity contribution in [3.63, 3.8) is 0 Å². The molecular weight excluding hydrogens is 344 g/mol. The molecule has 0 fully saturated rings. The van der Waals surface area contributed by atoms with E-state index in [2.05, 4.69) is 27.8 Å². The van der Waals surface area contributed by atoms with E-state index in [1.807, 2.05) is 48.7 Å². The number of aromatic amines is 1. The molecule has 3 N–H and O–H groups in total. The van der Waals surface area contributed by atoms with E-state index in [0.29, 0.717) is 18.7 Å². The van der Waals surface area contributed by atoms with Crippen LogP contribution in [0, 0.1) is 11.3 Å². The van der Waals surface area contributed by atoms with Crippen LogP contribution in [0.15, 0.2) is 59.6 Å². The number of carbonyl (C=O) groups is 1. The van der Waals surface area contributed by atoms with Crippen molar-refractivity contribution in [3.05, 3.63) is 60.3 Å². The molecule has 26 heavy (non-hydrogen) atoms. The van der Waals surface area contributed by atoms with Crippen LogP contribution in [0.4, 0.5) is 10.5 Å². The molecule has 1 heterocycles. The van der Waals surface area contributed by atoms with Gasteiger partial charge in [-0.15, -0.1) is 11.8 Å². The van der Waals surface area contributed by atoms with Gasteiger partial charge in [-0.25, -0.2) is 4.79 Å². The molecule has 3 aromatic rings. The van der Waals surface area contributed by atoms with Crippen molar-refractivity contribution >= 4 is 34.4 Å². The zero-order valence-electron chi connectivity index (χ0n) is 14.3. The lowest BCUT2D eigenvalue weighted by molar-refractivity contribution is 0.252. The van der Waals surface area contributed by atoms with Crippen LogP contribution >= 0.6 is 11.8 Å². The quantitative estimate of drug-likeness (QED) is 0.425. The van der Waals surface area contributed by atoms with E-state index in [9.17, 15) is 4.79 Å². The zero-order valence-corrected chi connectivity index (χ0v) is 15.1. The molecule has 0 spiro atoms. The van der Waals surface area contributed by atoms with Crippen molar-refractivity contribution in [2.45, 2.75) is 17.7 Å². The van der Waals surface area contributed by atoms with Gasteiger partial charge in [-0.2, -0.15) is 5.26 Å². The number of benzene rings is 2. The fourth-order valence-corrected chi connectivity index (χ4v) is 3.58. The van der Waals surface area contributed by atoms with Crippen molar-refractivity contribution in [1.29, 1.82) is 5.26 Å². The highest BCUT2D eigenvalue weighted by atomic mass is 32.2. The number of fused-ring (bicyclic) bond motifs is 1. The molecule has 2 aromatic carbocycles. The number of amides is 2. The summed E-state index contributed by atoms with van der Waals surface area (Å²) in [5, 5.41) is 15.6. The van der Waals surface area contributed by atoms with Crippen molar-refractivity contribution in [2.75, 3.05) is 17.6 Å². The van der Waals surface area contributed by atoms with Gasteiger partial charge >= 0.3 is 6.03 Å². The number of nitriles is 1. The Morgan fingerprint density at radius 2 is 1.96 bits per heavy atom. The summed E-state index contributed by atoms with van der Waals surface area (Å²) >= 11 is 1.57. The van der Waals surface area contributed by atoms with Crippen LogP contribution in [0.3, 0.4) is 0 Å². The molecule has 2 amide bonds. The summed E-state index contributed by atoms with van der Waals surface area (Å²) < 4.78 is 0. The molecule has 0 unspecified atom stereocenters. The first-order valence-electron chi connectivity index (χ1n) is 8.46. The van der Waals surface area contributed by atoms with E-state index in [4.69, 9.17) is 5.26 Å². The molecule has 1 aromatic heterocycles. The van der Waals surface area contributed by atoms with Gasteiger partial charge in [0.2, 0.25) is 0 Å². The zero-order chi connectivity index (χ0) is 18.2. The number of urea groups is 1. The van der Waals surface area contributed by atoms with Crippen LogP contribution in [0.25, 0.3) is 10.9 Å².